The molecule has 2 aromatic carbocycles. The van der Waals surface area contributed by atoms with Gasteiger partial charge in [-0.2, -0.15) is 0 Å². The highest BCUT2D eigenvalue weighted by Crippen LogP contribution is 2.44. The second-order valence-electron chi connectivity index (χ2n) is 9.95. The number of carbonyl (C=O) groups is 2. The van der Waals surface area contributed by atoms with Crippen LogP contribution in [0.25, 0.3) is 10.4 Å². The quantitative estimate of drug-likeness (QED) is 0.155. The number of amides is 2. The minimum Gasteiger partial charge on any atom is -0.448 e. The summed E-state index contributed by atoms with van der Waals surface area (Å²) in [5.74, 6) is 5.32. The van der Waals surface area contributed by atoms with Crippen LogP contribution in [-0.2, 0) is 14.3 Å². The van der Waals surface area contributed by atoms with Crippen LogP contribution < -0.4 is 14.8 Å². The third kappa shape index (κ3) is 7.39. The fourth-order valence-corrected chi connectivity index (χ4v) is 4.91. The number of fused-ring (bicyclic) bond motifs is 1. The average Bonchev–Trinajstić information content (AvgIpc) is 3.29. The number of hydrogen-bond donors (Lipinski definition) is 1. The molecule has 1 fully saturated rings. The van der Waals surface area contributed by atoms with Crippen molar-refractivity contribution in [3.63, 3.8) is 0 Å². The summed E-state index contributed by atoms with van der Waals surface area (Å²) in [6.45, 7) is 6.27. The molecule has 2 aromatic rings. The Morgan fingerprint density at radius 3 is 2.58 bits per heavy atom. The van der Waals surface area contributed by atoms with Crippen LogP contribution in [0.4, 0.5) is 0 Å². The van der Waals surface area contributed by atoms with Gasteiger partial charge >= 0.3 is 0 Å². The van der Waals surface area contributed by atoms with Crippen molar-refractivity contribution in [1.82, 2.24) is 10.2 Å². The summed E-state index contributed by atoms with van der Waals surface area (Å²) in [5.41, 5.74) is 9.79. The van der Waals surface area contributed by atoms with Gasteiger partial charge in [0.15, 0.2) is 11.5 Å². The number of nitrogens with one attached hydrogen (secondary N) is 1. The molecule has 4 rings (SSSR count). The lowest BCUT2D eigenvalue weighted by atomic mass is 9.86. The second kappa shape index (κ2) is 13.4. The number of hydrogen-bond acceptors (Lipinski definition) is 6. The molecule has 0 bridgehead atoms. The number of piperidine rings is 1. The third-order valence-corrected chi connectivity index (χ3v) is 7.04. The van der Waals surface area contributed by atoms with Crippen LogP contribution in [0.5, 0.6) is 11.5 Å². The number of nitrogens with zero attached hydrogens (tertiary/aromatic N) is 4. The van der Waals surface area contributed by atoms with Crippen molar-refractivity contribution in [3.8, 4) is 23.3 Å². The molecular formula is C29H32ClN5O5. The van der Waals surface area contributed by atoms with Gasteiger partial charge in [0, 0.05) is 60.4 Å². The lowest BCUT2D eigenvalue weighted by molar-refractivity contribution is -0.148. The van der Waals surface area contributed by atoms with Gasteiger partial charge in [-0.25, -0.2) is 0 Å². The number of rotatable bonds is 9. The molecule has 11 heteroatoms. The first-order valence-corrected chi connectivity index (χ1v) is 13.6. The highest BCUT2D eigenvalue weighted by molar-refractivity contribution is 6.30. The minimum absolute atomic E-state index is 0.0956. The van der Waals surface area contributed by atoms with Crippen LogP contribution in [0, 0.1) is 17.8 Å². The minimum atomic E-state index is -0.825. The Bertz CT molecular complexity index is 1320. The number of benzene rings is 2. The van der Waals surface area contributed by atoms with Gasteiger partial charge in [-0.15, -0.1) is 0 Å². The number of azide groups is 1. The summed E-state index contributed by atoms with van der Waals surface area (Å²) in [7, 11) is 0. The van der Waals surface area contributed by atoms with E-state index in [0.717, 1.165) is 5.56 Å². The van der Waals surface area contributed by atoms with E-state index >= 15 is 0 Å². The largest absolute Gasteiger partial charge is 0.448 e. The fourth-order valence-electron chi connectivity index (χ4n) is 4.78. The molecule has 210 valence electrons. The molecule has 1 spiro atoms. The van der Waals surface area contributed by atoms with E-state index in [4.69, 9.17) is 31.3 Å². The van der Waals surface area contributed by atoms with Gasteiger partial charge in [0.2, 0.25) is 5.91 Å². The maximum Gasteiger partial charge on any atom is 0.296 e. The Balaban J connectivity index is 1.29. The Kier molecular flexibility index (Phi) is 9.78. The standard InChI is InChI=1S/C29H32ClN5O5/c1-20(2)27(22-5-7-23(30)8-6-22)28(37)35-15-11-29(12-16-35)39-24-9-3-21(19-25(24)40-29)4-10-26(36)32-13-17-38-18-14-33-34-31/h3,5-9,19-20,27H,11-18H2,1-2H3,(H,32,36)/t27-/m0/s1. The molecule has 0 unspecified atom stereocenters. The molecule has 1 atom stereocenters. The van der Waals surface area contributed by atoms with Gasteiger partial charge in [-0.05, 0) is 47.3 Å². The van der Waals surface area contributed by atoms with Crippen molar-refractivity contribution >= 4 is 23.4 Å². The number of ether oxygens (including phenoxy) is 3. The van der Waals surface area contributed by atoms with E-state index in [2.05, 4.69) is 41.0 Å². The molecular weight excluding hydrogens is 534 g/mol. The zero-order valence-electron chi connectivity index (χ0n) is 22.6. The van der Waals surface area contributed by atoms with Gasteiger partial charge in [0.25, 0.3) is 11.7 Å². The highest BCUT2D eigenvalue weighted by Gasteiger charge is 2.46. The summed E-state index contributed by atoms with van der Waals surface area (Å²) in [5, 5.41) is 6.66. The van der Waals surface area contributed by atoms with Crippen LogP contribution in [0.2, 0.25) is 5.02 Å². The van der Waals surface area contributed by atoms with Gasteiger partial charge < -0.3 is 24.4 Å². The molecule has 2 amide bonds. The molecule has 0 aliphatic carbocycles. The summed E-state index contributed by atoms with van der Waals surface area (Å²) >= 11 is 6.05. The Hall–Kier alpha value is -3.90. The highest BCUT2D eigenvalue weighted by atomic mass is 35.5. The van der Waals surface area contributed by atoms with E-state index in [1.807, 2.05) is 29.2 Å². The van der Waals surface area contributed by atoms with Crippen LogP contribution in [-0.4, -0.2) is 61.9 Å². The second-order valence-corrected chi connectivity index (χ2v) is 10.4. The van der Waals surface area contributed by atoms with Crippen LogP contribution in [0.1, 0.15) is 43.7 Å². The predicted octanol–water partition coefficient (Wildman–Crippen LogP) is 4.66. The van der Waals surface area contributed by atoms with Gasteiger partial charge in [0.1, 0.15) is 0 Å². The molecule has 0 saturated carbocycles. The molecule has 1 saturated heterocycles. The third-order valence-electron chi connectivity index (χ3n) is 6.79. The number of carbonyl (C=O) groups excluding carboxylic acids is 2. The lowest BCUT2D eigenvalue weighted by Crippen LogP contribution is -2.52. The summed E-state index contributed by atoms with van der Waals surface area (Å²) in [4.78, 5) is 30.0. The van der Waals surface area contributed by atoms with Gasteiger partial charge in [-0.1, -0.05) is 48.6 Å². The van der Waals surface area contributed by atoms with Crippen LogP contribution in [0.3, 0.4) is 0 Å². The zero-order chi connectivity index (χ0) is 28.5. The molecule has 2 heterocycles. The molecule has 0 radical (unpaired) electrons. The molecule has 0 aromatic heterocycles. The monoisotopic (exact) mass is 565 g/mol. The molecule has 1 N–H and O–H groups in total. The SMILES string of the molecule is CC(C)[C@H](C(=O)N1CCC2(CC1)Oc1ccc(C#CC(=O)NCCOCCN=[N+]=[N-])cc1O2)c1ccc(Cl)cc1. The summed E-state index contributed by atoms with van der Waals surface area (Å²) in [6.07, 6.45) is 1.07. The normalized spacial score (nSPS) is 15.7. The predicted molar refractivity (Wildman–Crippen MR) is 150 cm³/mol. The first-order valence-electron chi connectivity index (χ1n) is 13.2. The molecule has 2 aliphatic heterocycles. The Labute approximate surface area is 238 Å². The van der Waals surface area contributed by atoms with Crippen LogP contribution in [0.15, 0.2) is 47.6 Å². The molecule has 40 heavy (non-hydrogen) atoms. The Morgan fingerprint density at radius 1 is 1.15 bits per heavy atom. The van der Waals surface area contributed by atoms with Crippen molar-refractivity contribution in [1.29, 1.82) is 0 Å². The Morgan fingerprint density at radius 2 is 1.88 bits per heavy atom. The number of halogens is 1. The maximum atomic E-state index is 13.5. The topological polar surface area (TPSA) is 126 Å². The molecule has 2 aliphatic rings. The average molecular weight is 566 g/mol. The van der Waals surface area contributed by atoms with Gasteiger partial charge in [0.05, 0.1) is 19.1 Å². The van der Waals surface area contributed by atoms with E-state index in [1.165, 1.54) is 0 Å². The lowest BCUT2D eigenvalue weighted by Gasteiger charge is -2.39. The first-order chi connectivity index (χ1) is 19.3. The van der Waals surface area contributed by atoms with E-state index < -0.39 is 11.7 Å². The van der Waals surface area contributed by atoms with Crippen molar-refractivity contribution in [2.45, 2.75) is 38.4 Å². The zero-order valence-corrected chi connectivity index (χ0v) is 23.3. The van der Waals surface area contributed by atoms with E-state index in [9.17, 15) is 9.59 Å². The van der Waals surface area contributed by atoms with Gasteiger partial charge in [-0.3, -0.25) is 9.59 Å². The summed E-state index contributed by atoms with van der Waals surface area (Å²) < 4.78 is 17.7. The van der Waals surface area contributed by atoms with Crippen molar-refractivity contribution in [3.05, 3.63) is 69.1 Å². The first kappa shape index (κ1) is 29.1. The fraction of sp³-hybridized carbons (Fsp3) is 0.448. The summed E-state index contributed by atoms with van der Waals surface area (Å²) in [6, 6.07) is 12.8. The number of likely N-dealkylation sites (tertiary alicyclic amines) is 1. The van der Waals surface area contributed by atoms with Crippen molar-refractivity contribution in [2.24, 2.45) is 11.0 Å². The maximum absolute atomic E-state index is 13.5. The van der Waals surface area contributed by atoms with Crippen molar-refractivity contribution in [2.75, 3.05) is 39.4 Å². The van der Waals surface area contributed by atoms with E-state index in [1.54, 1.807) is 18.2 Å². The van der Waals surface area contributed by atoms with E-state index in [0.29, 0.717) is 67.8 Å². The van der Waals surface area contributed by atoms with E-state index in [-0.39, 0.29) is 24.3 Å². The molecule has 10 nitrogen and oxygen atoms in total. The van der Waals surface area contributed by atoms with Crippen LogP contribution >= 0.6 is 11.6 Å². The van der Waals surface area contributed by atoms with Crippen molar-refractivity contribution < 1.29 is 23.8 Å². The smallest absolute Gasteiger partial charge is 0.296 e.